The summed E-state index contributed by atoms with van der Waals surface area (Å²) >= 11 is 5.71. The first kappa shape index (κ1) is 24.5. The Labute approximate surface area is 198 Å². The fourth-order valence-corrected chi connectivity index (χ4v) is 5.01. The van der Waals surface area contributed by atoms with Crippen LogP contribution in [0.15, 0.2) is 48.5 Å². The second kappa shape index (κ2) is 10.2. The van der Waals surface area contributed by atoms with Gasteiger partial charge in [0.05, 0.1) is 20.8 Å². The first-order valence-corrected chi connectivity index (χ1v) is 11.2. The number of quaternary nitrogens is 1. The zero-order valence-electron chi connectivity index (χ0n) is 18.9. The number of methoxy groups -OCH3 is 2. The van der Waals surface area contributed by atoms with Gasteiger partial charge in [-0.05, 0) is 37.3 Å². The SMILES string of the molecule is COc1ccc(C(=O)CC(C(=O)c2ccccc2)C(=S)[N+]2(C(=O)O)CCC[C@H]2C)cc1OC. The number of rotatable bonds is 8. The van der Waals surface area contributed by atoms with Crippen LogP contribution in [0.1, 0.15) is 46.9 Å². The van der Waals surface area contributed by atoms with E-state index < -0.39 is 16.5 Å². The van der Waals surface area contributed by atoms with Crippen molar-refractivity contribution < 1.29 is 33.4 Å². The maximum atomic E-state index is 13.5. The highest BCUT2D eigenvalue weighted by Crippen LogP contribution is 2.34. The van der Waals surface area contributed by atoms with Crippen molar-refractivity contribution in [3.63, 3.8) is 0 Å². The van der Waals surface area contributed by atoms with Crippen molar-refractivity contribution in [2.75, 3.05) is 20.8 Å². The number of amides is 1. The number of benzene rings is 2. The Kier molecular flexibility index (Phi) is 7.61. The summed E-state index contributed by atoms with van der Waals surface area (Å²) in [5, 5.41) is 10.1. The molecule has 1 N–H and O–H groups in total. The van der Waals surface area contributed by atoms with E-state index in [0.29, 0.717) is 42.0 Å². The van der Waals surface area contributed by atoms with Gasteiger partial charge in [0, 0.05) is 30.4 Å². The van der Waals surface area contributed by atoms with Crippen LogP contribution in [0.4, 0.5) is 4.79 Å². The molecule has 0 saturated carbocycles. The van der Waals surface area contributed by atoms with Gasteiger partial charge < -0.3 is 14.6 Å². The number of thiocarbonyl (C=S) groups is 1. The van der Waals surface area contributed by atoms with Gasteiger partial charge in [-0.2, -0.15) is 9.28 Å². The topological polar surface area (TPSA) is 89.9 Å². The van der Waals surface area contributed by atoms with E-state index in [4.69, 9.17) is 21.7 Å². The molecule has 8 heteroatoms. The lowest BCUT2D eigenvalue weighted by Crippen LogP contribution is -2.60. The zero-order valence-corrected chi connectivity index (χ0v) is 19.8. The minimum Gasteiger partial charge on any atom is -0.493 e. The van der Waals surface area contributed by atoms with E-state index in [0.717, 1.165) is 0 Å². The molecule has 1 amide bonds. The first-order chi connectivity index (χ1) is 15.8. The summed E-state index contributed by atoms with van der Waals surface area (Å²) in [7, 11) is 2.97. The predicted molar refractivity (Wildman–Crippen MR) is 127 cm³/mol. The number of ketones is 2. The predicted octanol–water partition coefficient (Wildman–Crippen LogP) is 4.78. The molecule has 1 aliphatic heterocycles. The van der Waals surface area contributed by atoms with Crippen LogP contribution in [0.5, 0.6) is 11.5 Å². The number of ether oxygens (including phenoxy) is 2. The Balaban J connectivity index is 2.01. The highest BCUT2D eigenvalue weighted by molar-refractivity contribution is 7.80. The lowest BCUT2D eigenvalue weighted by atomic mass is 9.89. The van der Waals surface area contributed by atoms with Crippen LogP contribution in [-0.2, 0) is 0 Å². The van der Waals surface area contributed by atoms with Crippen LogP contribution < -0.4 is 9.47 Å². The van der Waals surface area contributed by atoms with Crippen molar-refractivity contribution in [2.24, 2.45) is 5.92 Å². The van der Waals surface area contributed by atoms with Gasteiger partial charge in [0.2, 0.25) is 0 Å². The monoisotopic (exact) mass is 470 g/mol. The van der Waals surface area contributed by atoms with Crippen LogP contribution in [0, 0.1) is 5.92 Å². The Morgan fingerprint density at radius 3 is 2.27 bits per heavy atom. The molecule has 0 radical (unpaired) electrons. The van der Waals surface area contributed by atoms with Crippen molar-refractivity contribution in [3.8, 4) is 11.5 Å². The van der Waals surface area contributed by atoms with Gasteiger partial charge in [-0.25, -0.2) is 0 Å². The first-order valence-electron chi connectivity index (χ1n) is 10.8. The number of nitrogens with zero attached hydrogens (tertiary/aromatic N) is 1. The maximum Gasteiger partial charge on any atom is 0.519 e. The zero-order chi connectivity index (χ0) is 24.2. The summed E-state index contributed by atoms with van der Waals surface area (Å²) in [5.41, 5.74) is 0.720. The highest BCUT2D eigenvalue weighted by Gasteiger charge is 2.54. The molecule has 3 atom stereocenters. The Morgan fingerprint density at radius 2 is 1.73 bits per heavy atom. The molecule has 0 spiro atoms. The quantitative estimate of drug-likeness (QED) is 0.337. The summed E-state index contributed by atoms with van der Waals surface area (Å²) < 4.78 is 10.0. The Hall–Kier alpha value is -3.10. The summed E-state index contributed by atoms with van der Waals surface area (Å²) in [5.74, 6) is -0.878. The smallest absolute Gasteiger partial charge is 0.493 e. The largest absolute Gasteiger partial charge is 0.519 e. The van der Waals surface area contributed by atoms with Crippen molar-refractivity contribution in [3.05, 3.63) is 59.7 Å². The average Bonchev–Trinajstić information content (AvgIpc) is 3.23. The van der Waals surface area contributed by atoms with E-state index >= 15 is 0 Å². The minimum absolute atomic E-state index is 0.0789. The van der Waals surface area contributed by atoms with Crippen LogP contribution >= 0.6 is 12.2 Å². The summed E-state index contributed by atoms with van der Waals surface area (Å²) in [6, 6.07) is 13.0. The highest BCUT2D eigenvalue weighted by atomic mass is 32.1. The van der Waals surface area contributed by atoms with E-state index in [1.54, 1.807) is 48.5 Å². The third kappa shape index (κ3) is 4.67. The number of likely N-dealkylation sites (tertiary alicyclic amines) is 1. The molecule has 0 aromatic heterocycles. The third-order valence-corrected chi connectivity index (χ3v) is 7.00. The molecule has 7 nitrogen and oxygen atoms in total. The molecule has 0 bridgehead atoms. The molecule has 2 aromatic rings. The molecule has 1 heterocycles. The summed E-state index contributed by atoms with van der Waals surface area (Å²) in [6.45, 7) is 2.13. The summed E-state index contributed by atoms with van der Waals surface area (Å²) in [6.07, 6.45) is 0.0443. The molecule has 2 aromatic carbocycles. The normalized spacial score (nSPS) is 20.6. The third-order valence-electron chi connectivity index (χ3n) is 6.39. The molecule has 0 aliphatic carbocycles. The molecule has 174 valence electrons. The van der Waals surface area contributed by atoms with E-state index in [9.17, 15) is 19.5 Å². The Morgan fingerprint density at radius 1 is 1.06 bits per heavy atom. The van der Waals surface area contributed by atoms with Gasteiger partial charge in [-0.3, -0.25) is 9.59 Å². The molecule has 1 fully saturated rings. The number of hydrogen-bond donors (Lipinski definition) is 1. The molecule has 3 rings (SSSR count). The van der Waals surface area contributed by atoms with Gasteiger partial charge in [0.1, 0.15) is 12.0 Å². The minimum atomic E-state index is -1.09. The average molecular weight is 471 g/mol. The lowest BCUT2D eigenvalue weighted by Gasteiger charge is -2.35. The maximum absolute atomic E-state index is 13.5. The van der Waals surface area contributed by atoms with Crippen molar-refractivity contribution in [1.82, 2.24) is 0 Å². The fraction of sp³-hybridized carbons (Fsp3) is 0.360. The van der Waals surface area contributed by atoms with E-state index in [2.05, 4.69) is 0 Å². The number of Topliss-reactive ketones (excluding diaryl/α,β-unsaturated/α-hetero) is 2. The van der Waals surface area contributed by atoms with Crippen LogP contribution in [-0.4, -0.2) is 59.0 Å². The number of carbonyl (C=O) groups is 3. The van der Waals surface area contributed by atoms with E-state index in [1.807, 2.05) is 6.92 Å². The van der Waals surface area contributed by atoms with Crippen LogP contribution in [0.2, 0.25) is 0 Å². The second-order valence-electron chi connectivity index (χ2n) is 8.18. The summed E-state index contributed by atoms with van der Waals surface area (Å²) in [4.78, 5) is 39.3. The number of carboxylic acid groups (broad SMARTS) is 1. The van der Waals surface area contributed by atoms with Gasteiger partial charge in [0.15, 0.2) is 28.1 Å². The van der Waals surface area contributed by atoms with Gasteiger partial charge >= 0.3 is 6.09 Å². The number of carbonyl (C=O) groups excluding carboxylic acids is 2. The van der Waals surface area contributed by atoms with Gasteiger partial charge in [-0.1, -0.05) is 30.3 Å². The van der Waals surface area contributed by atoms with Crippen molar-refractivity contribution in [2.45, 2.75) is 32.2 Å². The van der Waals surface area contributed by atoms with Crippen LogP contribution in [0.25, 0.3) is 0 Å². The van der Waals surface area contributed by atoms with Gasteiger partial charge in [0.25, 0.3) is 0 Å². The molecule has 1 saturated heterocycles. The lowest BCUT2D eigenvalue weighted by molar-refractivity contribution is -0.777. The molecule has 2 unspecified atom stereocenters. The van der Waals surface area contributed by atoms with E-state index in [-0.39, 0.29) is 29.0 Å². The molecule has 1 aliphatic rings. The molecular formula is C25H28NO6S+. The Bertz CT molecular complexity index is 1070. The fourth-order valence-electron chi connectivity index (χ4n) is 4.47. The number of hydrogen-bond acceptors (Lipinski definition) is 6. The van der Waals surface area contributed by atoms with Gasteiger partial charge in [-0.15, -0.1) is 0 Å². The second-order valence-corrected chi connectivity index (χ2v) is 8.60. The van der Waals surface area contributed by atoms with E-state index in [1.165, 1.54) is 14.2 Å². The van der Waals surface area contributed by atoms with Crippen molar-refractivity contribution >= 4 is 34.9 Å². The van der Waals surface area contributed by atoms with Crippen LogP contribution in [0.3, 0.4) is 0 Å². The van der Waals surface area contributed by atoms with Crippen molar-refractivity contribution in [1.29, 1.82) is 0 Å². The molecule has 33 heavy (non-hydrogen) atoms. The standard InChI is InChI=1S/C25H27NO6S/c1-16-8-7-13-26(16,25(29)30)24(33)19(23(28)17-9-5-4-6-10-17)15-20(27)18-11-12-21(31-2)22(14-18)32-3/h4-6,9-12,14,16,19H,7-8,13,15H2,1-3H3/p+1/t16-,19?,26?/m1/s1. The molecular weight excluding hydrogens is 442 g/mol.